The van der Waals surface area contributed by atoms with Gasteiger partial charge in [-0.3, -0.25) is 0 Å². The second-order valence-corrected chi connectivity index (χ2v) is 4.09. The van der Waals surface area contributed by atoms with Crippen LogP contribution in [0.3, 0.4) is 0 Å². The van der Waals surface area contributed by atoms with Gasteiger partial charge in [0, 0.05) is 6.54 Å². The fourth-order valence-corrected chi connectivity index (χ4v) is 1.61. The molecule has 0 aliphatic heterocycles. The summed E-state index contributed by atoms with van der Waals surface area (Å²) in [5, 5.41) is 6.14. The third-order valence-electron chi connectivity index (χ3n) is 2.44. The van der Waals surface area contributed by atoms with E-state index in [1.54, 1.807) is 0 Å². The molecule has 0 aliphatic carbocycles. The molecule has 20 heavy (non-hydrogen) atoms. The Morgan fingerprint density at radius 2 is 1.85 bits per heavy atom. The standard InChI is InChI=1S/C13H19N5O2/c1-4-14-11-16-12(18-13(17-11)19-5-2)15-8-10-7-6-9(3)20-10/h6-7H,4-5,8H2,1-3H3,(H2,14,15,16,17,18). The third kappa shape index (κ3) is 3.84. The molecule has 108 valence electrons. The number of anilines is 2. The maximum atomic E-state index is 5.48. The lowest BCUT2D eigenvalue weighted by Gasteiger charge is -2.08. The van der Waals surface area contributed by atoms with Crippen molar-refractivity contribution in [1.82, 2.24) is 15.0 Å². The van der Waals surface area contributed by atoms with Crippen LogP contribution in [0.5, 0.6) is 6.01 Å². The van der Waals surface area contributed by atoms with E-state index in [0.29, 0.717) is 31.1 Å². The smallest absolute Gasteiger partial charge is 0.323 e. The van der Waals surface area contributed by atoms with Gasteiger partial charge in [-0.2, -0.15) is 15.0 Å². The molecule has 2 aromatic heterocycles. The minimum absolute atomic E-state index is 0.302. The summed E-state index contributed by atoms with van der Waals surface area (Å²) in [5.41, 5.74) is 0. The van der Waals surface area contributed by atoms with Gasteiger partial charge < -0.3 is 19.8 Å². The van der Waals surface area contributed by atoms with Crippen molar-refractivity contribution in [2.24, 2.45) is 0 Å². The Kier molecular flexibility index (Phi) is 4.75. The van der Waals surface area contributed by atoms with Gasteiger partial charge in [0.2, 0.25) is 11.9 Å². The zero-order chi connectivity index (χ0) is 14.4. The molecule has 0 saturated carbocycles. The van der Waals surface area contributed by atoms with Gasteiger partial charge in [0.25, 0.3) is 0 Å². The number of hydrogen-bond donors (Lipinski definition) is 2. The van der Waals surface area contributed by atoms with Crippen LogP contribution >= 0.6 is 0 Å². The number of nitrogens with zero attached hydrogens (tertiary/aromatic N) is 3. The van der Waals surface area contributed by atoms with E-state index < -0.39 is 0 Å². The zero-order valence-corrected chi connectivity index (χ0v) is 11.9. The Bertz CT molecular complexity index is 531. The lowest BCUT2D eigenvalue weighted by atomic mass is 10.4. The molecule has 0 atom stereocenters. The van der Waals surface area contributed by atoms with E-state index in [-0.39, 0.29) is 0 Å². The highest BCUT2D eigenvalue weighted by Gasteiger charge is 2.07. The highest BCUT2D eigenvalue weighted by molar-refractivity contribution is 5.36. The van der Waals surface area contributed by atoms with Gasteiger partial charge in [0.1, 0.15) is 11.5 Å². The average Bonchev–Trinajstić information content (AvgIpc) is 2.83. The summed E-state index contributed by atoms with van der Waals surface area (Å²) in [6.45, 7) is 7.51. The topological polar surface area (TPSA) is 85.1 Å². The number of rotatable bonds is 7. The SMILES string of the molecule is CCNc1nc(NCc2ccc(C)o2)nc(OCC)n1. The number of hydrogen-bond acceptors (Lipinski definition) is 7. The molecular formula is C13H19N5O2. The Labute approximate surface area is 117 Å². The first-order valence-corrected chi connectivity index (χ1v) is 6.63. The Morgan fingerprint density at radius 1 is 1.10 bits per heavy atom. The Hall–Kier alpha value is -2.31. The van der Waals surface area contributed by atoms with Crippen molar-refractivity contribution >= 4 is 11.9 Å². The second kappa shape index (κ2) is 6.74. The molecule has 2 rings (SSSR count). The van der Waals surface area contributed by atoms with Crippen LogP contribution in [-0.4, -0.2) is 28.1 Å². The molecule has 7 nitrogen and oxygen atoms in total. The summed E-state index contributed by atoms with van der Waals surface area (Å²) in [6.07, 6.45) is 0. The fraction of sp³-hybridized carbons (Fsp3) is 0.462. The van der Waals surface area contributed by atoms with E-state index >= 15 is 0 Å². The van der Waals surface area contributed by atoms with Gasteiger partial charge >= 0.3 is 6.01 Å². The molecule has 0 spiro atoms. The monoisotopic (exact) mass is 277 g/mol. The van der Waals surface area contributed by atoms with Crippen LogP contribution in [0.15, 0.2) is 16.5 Å². The molecule has 0 fully saturated rings. The van der Waals surface area contributed by atoms with Crippen LogP contribution in [0, 0.1) is 6.92 Å². The Balaban J connectivity index is 2.08. The van der Waals surface area contributed by atoms with Crippen molar-refractivity contribution in [2.75, 3.05) is 23.8 Å². The van der Waals surface area contributed by atoms with Crippen LogP contribution in [0.4, 0.5) is 11.9 Å². The quantitative estimate of drug-likeness (QED) is 0.802. The summed E-state index contributed by atoms with van der Waals surface area (Å²) in [4.78, 5) is 12.6. The molecule has 0 bridgehead atoms. The van der Waals surface area contributed by atoms with E-state index in [4.69, 9.17) is 9.15 Å². The molecule has 0 aliphatic rings. The van der Waals surface area contributed by atoms with E-state index in [1.807, 2.05) is 32.9 Å². The summed E-state index contributed by atoms with van der Waals surface area (Å²) in [6, 6.07) is 4.13. The summed E-state index contributed by atoms with van der Waals surface area (Å²) < 4.78 is 10.8. The Morgan fingerprint density at radius 3 is 2.45 bits per heavy atom. The molecule has 7 heteroatoms. The molecule has 2 heterocycles. The average molecular weight is 277 g/mol. The van der Waals surface area contributed by atoms with Gasteiger partial charge in [-0.25, -0.2) is 0 Å². The lowest BCUT2D eigenvalue weighted by molar-refractivity contribution is 0.312. The molecule has 0 amide bonds. The van der Waals surface area contributed by atoms with Crippen molar-refractivity contribution in [3.05, 3.63) is 23.7 Å². The molecule has 0 aromatic carbocycles. The lowest BCUT2D eigenvalue weighted by Crippen LogP contribution is -2.10. The summed E-state index contributed by atoms with van der Waals surface area (Å²) in [5.74, 6) is 2.64. The maximum Gasteiger partial charge on any atom is 0.323 e. The first kappa shape index (κ1) is 14.1. The van der Waals surface area contributed by atoms with Gasteiger partial charge in [-0.15, -0.1) is 0 Å². The molecule has 2 N–H and O–H groups in total. The molecule has 0 saturated heterocycles. The van der Waals surface area contributed by atoms with Crippen molar-refractivity contribution < 1.29 is 9.15 Å². The van der Waals surface area contributed by atoms with Gasteiger partial charge in [0.15, 0.2) is 0 Å². The number of furan rings is 1. The van der Waals surface area contributed by atoms with Crippen molar-refractivity contribution in [3.63, 3.8) is 0 Å². The van der Waals surface area contributed by atoms with E-state index in [0.717, 1.165) is 18.1 Å². The summed E-state index contributed by atoms with van der Waals surface area (Å²) >= 11 is 0. The predicted octanol–water partition coefficient (Wildman–Crippen LogP) is 2.22. The van der Waals surface area contributed by atoms with Crippen LogP contribution in [-0.2, 0) is 6.54 Å². The summed E-state index contributed by atoms with van der Waals surface area (Å²) in [7, 11) is 0. The molecule has 2 aromatic rings. The van der Waals surface area contributed by atoms with Crippen LogP contribution in [0.25, 0.3) is 0 Å². The minimum Gasteiger partial charge on any atom is -0.465 e. The predicted molar refractivity (Wildman–Crippen MR) is 75.9 cm³/mol. The van der Waals surface area contributed by atoms with Crippen molar-refractivity contribution in [3.8, 4) is 6.01 Å². The fourth-order valence-electron chi connectivity index (χ4n) is 1.61. The van der Waals surface area contributed by atoms with Gasteiger partial charge in [-0.1, -0.05) is 0 Å². The van der Waals surface area contributed by atoms with E-state index in [9.17, 15) is 0 Å². The van der Waals surface area contributed by atoms with Crippen molar-refractivity contribution in [2.45, 2.75) is 27.3 Å². The third-order valence-corrected chi connectivity index (χ3v) is 2.44. The number of aryl methyl sites for hydroxylation is 1. The van der Waals surface area contributed by atoms with Crippen LogP contribution < -0.4 is 15.4 Å². The molecule has 0 unspecified atom stereocenters. The van der Waals surface area contributed by atoms with Gasteiger partial charge in [-0.05, 0) is 32.9 Å². The van der Waals surface area contributed by atoms with Crippen LogP contribution in [0.2, 0.25) is 0 Å². The van der Waals surface area contributed by atoms with E-state index in [1.165, 1.54) is 0 Å². The van der Waals surface area contributed by atoms with Gasteiger partial charge in [0.05, 0.1) is 13.2 Å². The first-order chi connectivity index (χ1) is 9.71. The first-order valence-electron chi connectivity index (χ1n) is 6.63. The highest BCUT2D eigenvalue weighted by Crippen LogP contribution is 2.13. The molecular weight excluding hydrogens is 258 g/mol. The largest absolute Gasteiger partial charge is 0.465 e. The number of nitrogens with one attached hydrogen (secondary N) is 2. The minimum atomic E-state index is 0.302. The number of ether oxygens (including phenoxy) is 1. The normalized spacial score (nSPS) is 10.3. The second-order valence-electron chi connectivity index (χ2n) is 4.09. The van der Waals surface area contributed by atoms with Crippen molar-refractivity contribution in [1.29, 1.82) is 0 Å². The molecule has 0 radical (unpaired) electrons. The van der Waals surface area contributed by atoms with Crippen LogP contribution in [0.1, 0.15) is 25.4 Å². The maximum absolute atomic E-state index is 5.48. The highest BCUT2D eigenvalue weighted by atomic mass is 16.5. The van der Waals surface area contributed by atoms with E-state index in [2.05, 4.69) is 25.6 Å². The number of aromatic nitrogens is 3. The zero-order valence-electron chi connectivity index (χ0n) is 11.9.